The minimum Gasteiger partial charge on any atom is -0.286 e. The third-order valence-electron chi connectivity index (χ3n) is 3.42. The highest BCUT2D eigenvalue weighted by atomic mass is 32.2. The second kappa shape index (κ2) is 4.57. The molecule has 80 valence electrons. The predicted octanol–water partition coefficient (Wildman–Crippen LogP) is 2.31. The molecule has 0 aliphatic rings. The average Bonchev–Trinajstić information content (AvgIpc) is 2.07. The highest BCUT2D eigenvalue weighted by molar-refractivity contribution is 7.88. The summed E-state index contributed by atoms with van der Waals surface area (Å²) >= 11 is 0. The largest absolute Gasteiger partial charge is 0.286 e. The van der Waals surface area contributed by atoms with Crippen molar-refractivity contribution < 1.29 is 13.0 Å². The van der Waals surface area contributed by atoms with Crippen molar-refractivity contribution in [3.63, 3.8) is 0 Å². The summed E-state index contributed by atoms with van der Waals surface area (Å²) in [5.41, 5.74) is 0. The van der Waals surface area contributed by atoms with E-state index in [2.05, 4.69) is 0 Å². The van der Waals surface area contributed by atoms with E-state index in [-0.39, 0.29) is 0 Å². The summed E-state index contributed by atoms with van der Waals surface area (Å²) in [6.07, 6.45) is 0. The SMILES string of the molecule is CC[Si](CC)(CC)C(C)S(=O)(=O)O. The van der Waals surface area contributed by atoms with Gasteiger partial charge in [-0.3, -0.25) is 4.55 Å². The normalized spacial score (nSPS) is 15.8. The molecule has 0 aliphatic carbocycles. The lowest BCUT2D eigenvalue weighted by molar-refractivity contribution is 0.479. The van der Waals surface area contributed by atoms with Gasteiger partial charge in [-0.1, -0.05) is 38.9 Å². The van der Waals surface area contributed by atoms with Crippen LogP contribution in [0.4, 0.5) is 0 Å². The fraction of sp³-hybridized carbons (Fsp3) is 1.00. The van der Waals surface area contributed by atoms with Crippen LogP contribution in [0.5, 0.6) is 0 Å². The predicted molar refractivity (Wildman–Crippen MR) is 58.2 cm³/mol. The van der Waals surface area contributed by atoms with Crippen LogP contribution in [-0.2, 0) is 10.1 Å². The van der Waals surface area contributed by atoms with E-state index in [0.717, 1.165) is 18.1 Å². The van der Waals surface area contributed by atoms with Crippen molar-refractivity contribution in [3.05, 3.63) is 0 Å². The maximum atomic E-state index is 11.0. The topological polar surface area (TPSA) is 54.4 Å². The van der Waals surface area contributed by atoms with Gasteiger partial charge in [-0.2, -0.15) is 8.42 Å². The van der Waals surface area contributed by atoms with Gasteiger partial charge in [-0.05, 0) is 6.92 Å². The van der Waals surface area contributed by atoms with E-state index >= 15 is 0 Å². The molecule has 0 radical (unpaired) electrons. The quantitative estimate of drug-likeness (QED) is 0.576. The Morgan fingerprint density at radius 3 is 1.54 bits per heavy atom. The molecule has 0 heterocycles. The van der Waals surface area contributed by atoms with E-state index in [9.17, 15) is 8.42 Å². The van der Waals surface area contributed by atoms with Gasteiger partial charge in [-0.15, -0.1) is 0 Å². The van der Waals surface area contributed by atoms with E-state index < -0.39 is 23.1 Å². The Balaban J connectivity index is 4.96. The Morgan fingerprint density at radius 1 is 1.15 bits per heavy atom. The summed E-state index contributed by atoms with van der Waals surface area (Å²) in [5, 5.41) is 0. The Morgan fingerprint density at radius 2 is 1.46 bits per heavy atom. The monoisotopic (exact) mass is 224 g/mol. The molecule has 0 aliphatic heterocycles. The van der Waals surface area contributed by atoms with Crippen molar-refractivity contribution in [2.24, 2.45) is 0 Å². The van der Waals surface area contributed by atoms with Gasteiger partial charge in [0.1, 0.15) is 0 Å². The zero-order chi connectivity index (χ0) is 10.7. The highest BCUT2D eigenvalue weighted by Gasteiger charge is 2.40. The van der Waals surface area contributed by atoms with E-state index in [1.54, 1.807) is 6.92 Å². The van der Waals surface area contributed by atoms with Gasteiger partial charge in [0, 0.05) is 0 Å². The standard InChI is InChI=1S/C8H20O3SSi/c1-5-13(6-2,7-3)8(4)12(9,10)11/h8H,5-7H2,1-4H3,(H,9,10,11). The first kappa shape index (κ1) is 13.1. The highest BCUT2D eigenvalue weighted by Crippen LogP contribution is 2.27. The maximum Gasteiger partial charge on any atom is 0.264 e. The fourth-order valence-electron chi connectivity index (χ4n) is 1.93. The smallest absolute Gasteiger partial charge is 0.264 e. The molecule has 1 atom stereocenters. The minimum absolute atomic E-state index is 0.528. The molecule has 0 aromatic rings. The number of rotatable bonds is 5. The summed E-state index contributed by atoms with van der Waals surface area (Å²) in [7, 11) is -5.63. The van der Waals surface area contributed by atoms with Crippen molar-refractivity contribution in [1.82, 2.24) is 0 Å². The van der Waals surface area contributed by atoms with E-state index in [4.69, 9.17) is 4.55 Å². The molecule has 0 aromatic carbocycles. The van der Waals surface area contributed by atoms with E-state index in [1.807, 2.05) is 20.8 Å². The van der Waals surface area contributed by atoms with Crippen molar-refractivity contribution in [1.29, 1.82) is 0 Å². The maximum absolute atomic E-state index is 11.0. The van der Waals surface area contributed by atoms with Crippen LogP contribution >= 0.6 is 0 Å². The van der Waals surface area contributed by atoms with E-state index in [1.165, 1.54) is 0 Å². The zero-order valence-electron chi connectivity index (χ0n) is 8.87. The molecule has 0 spiro atoms. The summed E-state index contributed by atoms with van der Waals surface area (Å²) < 4.78 is 31.1. The number of hydrogen-bond acceptors (Lipinski definition) is 2. The zero-order valence-corrected chi connectivity index (χ0v) is 10.7. The lowest BCUT2D eigenvalue weighted by Gasteiger charge is -2.32. The lowest BCUT2D eigenvalue weighted by atomic mass is 10.9. The van der Waals surface area contributed by atoms with Crippen LogP contribution in [0.2, 0.25) is 18.1 Å². The molecule has 1 unspecified atom stereocenters. The molecular weight excluding hydrogens is 204 g/mol. The van der Waals surface area contributed by atoms with Crippen LogP contribution in [0.1, 0.15) is 27.7 Å². The minimum atomic E-state index is -3.84. The van der Waals surface area contributed by atoms with Gasteiger partial charge in [0.2, 0.25) is 0 Å². The van der Waals surface area contributed by atoms with Gasteiger partial charge in [0.25, 0.3) is 10.1 Å². The second-order valence-corrected chi connectivity index (χ2v) is 11.4. The average molecular weight is 224 g/mol. The van der Waals surface area contributed by atoms with Crippen molar-refractivity contribution in [2.75, 3.05) is 0 Å². The Bertz CT molecular complexity index is 236. The van der Waals surface area contributed by atoms with Crippen LogP contribution in [0.25, 0.3) is 0 Å². The van der Waals surface area contributed by atoms with Crippen LogP contribution in [0.15, 0.2) is 0 Å². The molecule has 0 bridgehead atoms. The Kier molecular flexibility index (Phi) is 4.61. The molecule has 0 aromatic heterocycles. The van der Waals surface area contributed by atoms with Crippen LogP contribution in [0, 0.1) is 0 Å². The third kappa shape index (κ3) is 2.79. The first-order valence-corrected chi connectivity index (χ1v) is 9.00. The Hall–Kier alpha value is 0.127. The van der Waals surface area contributed by atoms with Gasteiger partial charge in [-0.25, -0.2) is 0 Å². The van der Waals surface area contributed by atoms with Crippen LogP contribution < -0.4 is 0 Å². The van der Waals surface area contributed by atoms with Crippen molar-refractivity contribution in [2.45, 2.75) is 50.7 Å². The molecule has 3 nitrogen and oxygen atoms in total. The summed E-state index contributed by atoms with van der Waals surface area (Å²) in [4.78, 5) is -0.528. The van der Waals surface area contributed by atoms with Crippen molar-refractivity contribution >= 4 is 18.2 Å². The molecule has 0 saturated heterocycles. The lowest BCUT2D eigenvalue weighted by Crippen LogP contribution is -2.48. The molecule has 0 saturated carbocycles. The van der Waals surface area contributed by atoms with Gasteiger partial charge >= 0.3 is 0 Å². The Labute approximate surface area is 82.3 Å². The van der Waals surface area contributed by atoms with Crippen LogP contribution in [0.3, 0.4) is 0 Å². The van der Waals surface area contributed by atoms with Gasteiger partial charge < -0.3 is 0 Å². The first-order valence-electron chi connectivity index (χ1n) is 4.80. The molecule has 13 heavy (non-hydrogen) atoms. The molecule has 5 heteroatoms. The molecule has 0 rings (SSSR count). The van der Waals surface area contributed by atoms with E-state index in [0.29, 0.717) is 0 Å². The molecule has 0 amide bonds. The second-order valence-electron chi connectivity index (χ2n) is 3.58. The number of hydrogen-bond donors (Lipinski definition) is 1. The molecular formula is C8H20O3SSi. The first-order chi connectivity index (χ1) is 5.84. The summed E-state index contributed by atoms with van der Waals surface area (Å²) in [6, 6.07) is 2.75. The summed E-state index contributed by atoms with van der Waals surface area (Å²) in [6.45, 7) is 7.74. The third-order valence-corrected chi connectivity index (χ3v) is 12.7. The van der Waals surface area contributed by atoms with Crippen LogP contribution in [-0.4, -0.2) is 25.9 Å². The molecule has 0 fully saturated rings. The van der Waals surface area contributed by atoms with Crippen molar-refractivity contribution in [3.8, 4) is 0 Å². The molecule has 1 N–H and O–H groups in total. The van der Waals surface area contributed by atoms with Gasteiger partial charge in [0.05, 0.1) is 12.9 Å². The fourth-order valence-corrected chi connectivity index (χ4v) is 9.18. The summed E-state index contributed by atoms with van der Waals surface area (Å²) in [5.74, 6) is 0. The van der Waals surface area contributed by atoms with Gasteiger partial charge in [0.15, 0.2) is 0 Å².